The van der Waals surface area contributed by atoms with Gasteiger partial charge in [0.05, 0.1) is 5.01 Å². The molecule has 0 radical (unpaired) electrons. The Labute approximate surface area is 180 Å². The van der Waals surface area contributed by atoms with Gasteiger partial charge < -0.3 is 10.2 Å². The summed E-state index contributed by atoms with van der Waals surface area (Å²) in [4.78, 5) is 13.0. The van der Waals surface area contributed by atoms with E-state index in [1.54, 1.807) is 0 Å². The molecule has 1 saturated heterocycles. The Balaban J connectivity index is 0.00000364. The van der Waals surface area contributed by atoms with E-state index in [1.807, 2.05) is 6.92 Å². The summed E-state index contributed by atoms with van der Waals surface area (Å²) in [6, 6.07) is 0.530. The maximum atomic E-state index is 12.6. The van der Waals surface area contributed by atoms with Crippen LogP contribution in [0.5, 0.6) is 0 Å². The Bertz CT molecular complexity index is 589. The van der Waals surface area contributed by atoms with Crippen LogP contribution in [0.3, 0.4) is 0 Å². The summed E-state index contributed by atoms with van der Waals surface area (Å²) in [5, 5.41) is 4.84. The summed E-state index contributed by atoms with van der Waals surface area (Å²) in [6.07, 6.45) is -2.85. The van der Waals surface area contributed by atoms with Crippen molar-refractivity contribution in [3.05, 3.63) is 16.1 Å². The fourth-order valence-corrected chi connectivity index (χ4v) is 4.01. The number of likely N-dealkylation sites (N-methyl/N-ethyl adjacent to an activating group) is 1. The first-order valence-corrected chi connectivity index (χ1v) is 10.1. The third-order valence-electron chi connectivity index (χ3n) is 4.56. The van der Waals surface area contributed by atoms with E-state index in [4.69, 9.17) is 0 Å². The lowest BCUT2D eigenvalue weighted by Gasteiger charge is -2.27. The number of hydrogen-bond donors (Lipinski definition) is 1. The molecule has 27 heavy (non-hydrogen) atoms. The second-order valence-electron chi connectivity index (χ2n) is 6.22. The van der Waals surface area contributed by atoms with Crippen LogP contribution in [0.4, 0.5) is 13.2 Å². The van der Waals surface area contributed by atoms with Gasteiger partial charge in [-0.15, -0.1) is 35.3 Å². The molecule has 0 amide bonds. The molecule has 0 aliphatic carbocycles. The van der Waals surface area contributed by atoms with Crippen LogP contribution in [0, 0.1) is 0 Å². The Kier molecular flexibility index (Phi) is 10.3. The maximum absolute atomic E-state index is 12.6. The van der Waals surface area contributed by atoms with Crippen LogP contribution in [0.1, 0.15) is 37.9 Å². The predicted molar refractivity (Wildman–Crippen MR) is 115 cm³/mol. The molecule has 0 saturated carbocycles. The maximum Gasteiger partial charge on any atom is 0.434 e. The standard InChI is InChI=1S/C17H28F3N5S.HI/c1-4-21-16(25-10-8-13(11-25)24(5-2)6-3)22-9-7-15-23-14(12-26-15)17(18,19)20;/h12-13H,4-11H2,1-3H3,(H,21,22);1H. The smallest absolute Gasteiger partial charge is 0.357 e. The second kappa shape index (κ2) is 11.4. The summed E-state index contributed by atoms with van der Waals surface area (Å²) in [7, 11) is 0. The normalized spacial score (nSPS) is 18.1. The van der Waals surface area contributed by atoms with Crippen molar-refractivity contribution in [3.8, 4) is 0 Å². The Morgan fingerprint density at radius 3 is 2.63 bits per heavy atom. The van der Waals surface area contributed by atoms with E-state index in [9.17, 15) is 13.2 Å². The number of likely N-dealkylation sites (tertiary alicyclic amines) is 1. The van der Waals surface area contributed by atoms with Gasteiger partial charge in [0.25, 0.3) is 0 Å². The van der Waals surface area contributed by atoms with Gasteiger partial charge in [0.2, 0.25) is 0 Å². The van der Waals surface area contributed by atoms with Gasteiger partial charge in [0.15, 0.2) is 11.7 Å². The number of aliphatic imine (C=N–C) groups is 1. The van der Waals surface area contributed by atoms with Crippen molar-refractivity contribution in [2.75, 3.05) is 39.3 Å². The average molecular weight is 519 g/mol. The number of nitrogens with zero attached hydrogens (tertiary/aromatic N) is 4. The Morgan fingerprint density at radius 2 is 2.07 bits per heavy atom. The van der Waals surface area contributed by atoms with E-state index >= 15 is 0 Å². The minimum absolute atomic E-state index is 0. The minimum Gasteiger partial charge on any atom is -0.357 e. The number of thiazole rings is 1. The van der Waals surface area contributed by atoms with Crippen molar-refractivity contribution >= 4 is 41.3 Å². The van der Waals surface area contributed by atoms with Gasteiger partial charge in [-0.3, -0.25) is 9.89 Å². The van der Waals surface area contributed by atoms with Gasteiger partial charge in [0.1, 0.15) is 0 Å². The van der Waals surface area contributed by atoms with Crippen LogP contribution in [0.15, 0.2) is 10.4 Å². The molecule has 1 N–H and O–H groups in total. The number of rotatable bonds is 7. The quantitative estimate of drug-likeness (QED) is 0.339. The summed E-state index contributed by atoms with van der Waals surface area (Å²) in [5.41, 5.74) is -0.810. The largest absolute Gasteiger partial charge is 0.434 e. The fraction of sp³-hybridized carbons (Fsp3) is 0.765. The van der Waals surface area contributed by atoms with E-state index in [-0.39, 0.29) is 24.0 Å². The van der Waals surface area contributed by atoms with Crippen molar-refractivity contribution in [1.29, 1.82) is 0 Å². The molecule has 0 aromatic carbocycles. The fourth-order valence-electron chi connectivity index (χ4n) is 3.21. The van der Waals surface area contributed by atoms with Crippen LogP contribution in [0.25, 0.3) is 0 Å². The topological polar surface area (TPSA) is 43.8 Å². The third-order valence-corrected chi connectivity index (χ3v) is 5.46. The van der Waals surface area contributed by atoms with Crippen molar-refractivity contribution in [3.63, 3.8) is 0 Å². The molecular weight excluding hydrogens is 490 g/mol. The molecule has 156 valence electrons. The molecule has 1 aliphatic rings. The monoisotopic (exact) mass is 519 g/mol. The SMILES string of the molecule is CCNC(=NCCc1nc(C(F)(F)F)cs1)N1CCC(N(CC)CC)C1.I. The van der Waals surface area contributed by atoms with Crippen molar-refractivity contribution in [2.45, 2.75) is 45.8 Å². The van der Waals surface area contributed by atoms with Gasteiger partial charge >= 0.3 is 6.18 Å². The molecule has 1 fully saturated rings. The second-order valence-corrected chi connectivity index (χ2v) is 7.16. The number of alkyl halides is 3. The van der Waals surface area contributed by atoms with Crippen molar-refractivity contribution in [2.24, 2.45) is 4.99 Å². The minimum atomic E-state index is -4.37. The molecule has 1 atom stereocenters. The van der Waals surface area contributed by atoms with Crippen LogP contribution in [-0.2, 0) is 12.6 Å². The van der Waals surface area contributed by atoms with Crippen LogP contribution < -0.4 is 5.32 Å². The molecule has 5 nitrogen and oxygen atoms in total. The lowest BCUT2D eigenvalue weighted by molar-refractivity contribution is -0.140. The highest BCUT2D eigenvalue weighted by atomic mass is 127. The molecule has 2 rings (SSSR count). The molecule has 1 aliphatic heterocycles. The van der Waals surface area contributed by atoms with E-state index in [2.05, 4.69) is 38.9 Å². The summed E-state index contributed by atoms with van der Waals surface area (Å²) in [5.74, 6) is 0.842. The average Bonchev–Trinajstić information content (AvgIpc) is 3.24. The van der Waals surface area contributed by atoms with E-state index in [0.29, 0.717) is 24.0 Å². The van der Waals surface area contributed by atoms with E-state index in [1.165, 1.54) is 0 Å². The van der Waals surface area contributed by atoms with Crippen molar-refractivity contribution in [1.82, 2.24) is 20.1 Å². The molecule has 1 aromatic heterocycles. The van der Waals surface area contributed by atoms with Crippen molar-refractivity contribution < 1.29 is 13.2 Å². The van der Waals surface area contributed by atoms with Gasteiger partial charge in [-0.25, -0.2) is 4.98 Å². The molecule has 1 unspecified atom stereocenters. The number of aromatic nitrogens is 1. The molecule has 2 heterocycles. The predicted octanol–water partition coefficient (Wildman–Crippen LogP) is 3.70. The molecule has 0 spiro atoms. The molecule has 0 bridgehead atoms. The van der Waals surface area contributed by atoms with Gasteiger partial charge in [0, 0.05) is 44.0 Å². The summed E-state index contributed by atoms with van der Waals surface area (Å²) >= 11 is 1.04. The molecular formula is C17H29F3IN5S. The Hall–Kier alpha value is -0.620. The lowest BCUT2D eigenvalue weighted by atomic mass is 10.2. The Morgan fingerprint density at radius 1 is 1.37 bits per heavy atom. The van der Waals surface area contributed by atoms with E-state index < -0.39 is 11.9 Å². The first-order valence-electron chi connectivity index (χ1n) is 9.17. The highest BCUT2D eigenvalue weighted by Crippen LogP contribution is 2.30. The first-order chi connectivity index (χ1) is 12.4. The third kappa shape index (κ3) is 7.04. The number of nitrogens with one attached hydrogen (secondary N) is 1. The zero-order chi connectivity index (χ0) is 19.2. The van der Waals surface area contributed by atoms with Gasteiger partial charge in [-0.2, -0.15) is 13.2 Å². The molecule has 10 heteroatoms. The van der Waals surface area contributed by atoms with Crippen LogP contribution in [0.2, 0.25) is 0 Å². The summed E-state index contributed by atoms with van der Waals surface area (Å²) in [6.45, 7) is 11.5. The van der Waals surface area contributed by atoms with E-state index in [0.717, 1.165) is 61.8 Å². The van der Waals surface area contributed by atoms with Gasteiger partial charge in [-0.05, 0) is 26.4 Å². The van der Waals surface area contributed by atoms with Gasteiger partial charge in [-0.1, -0.05) is 13.8 Å². The molecule has 1 aromatic rings. The first kappa shape index (κ1) is 24.4. The zero-order valence-electron chi connectivity index (χ0n) is 16.1. The summed E-state index contributed by atoms with van der Waals surface area (Å²) < 4.78 is 37.8. The van der Waals surface area contributed by atoms with Crippen LogP contribution >= 0.6 is 35.3 Å². The number of guanidine groups is 1. The lowest BCUT2D eigenvalue weighted by Crippen LogP contribution is -2.43. The number of halogens is 4. The highest BCUT2D eigenvalue weighted by molar-refractivity contribution is 14.0. The highest BCUT2D eigenvalue weighted by Gasteiger charge is 2.33. The number of hydrogen-bond acceptors (Lipinski definition) is 4. The van der Waals surface area contributed by atoms with Crippen LogP contribution in [-0.4, -0.2) is 66.1 Å². The zero-order valence-corrected chi connectivity index (χ0v) is 19.2.